The Balaban J connectivity index is 3.01. The van der Waals surface area contributed by atoms with E-state index in [-0.39, 0.29) is 18.4 Å². The normalized spacial score (nSPS) is 11.3. The Hall–Kier alpha value is -3.03. The molecule has 0 spiro atoms. The van der Waals surface area contributed by atoms with Gasteiger partial charge in [0.1, 0.15) is 0 Å². The van der Waals surface area contributed by atoms with Crippen molar-refractivity contribution in [3.05, 3.63) is 34.4 Å². The average molecular weight is 403 g/mol. The van der Waals surface area contributed by atoms with Gasteiger partial charge in [-0.2, -0.15) is 0 Å². The number of nitrogens with one attached hydrogen (secondary N) is 2. The zero-order valence-electron chi connectivity index (χ0n) is 17.2. The monoisotopic (exact) mass is 403 g/mol. The minimum Gasteiger partial charge on any atom is -0.359 e. The Bertz CT molecular complexity index is 748. The SMILES string of the molecule is CCc1cc(C=O)c(C(=O)N(C)C(C)CCC(=O)NC=O)cc1CCCNC=O. The molecule has 0 aromatic heterocycles. The van der Waals surface area contributed by atoms with Crippen LogP contribution in [-0.4, -0.2) is 55.5 Å². The second kappa shape index (κ2) is 12.4. The molecule has 0 saturated heterocycles. The summed E-state index contributed by atoms with van der Waals surface area (Å²) in [5.74, 6) is -0.704. The number of rotatable bonds is 13. The Kier molecular flexibility index (Phi) is 10.3. The third-order valence-electron chi connectivity index (χ3n) is 4.95. The Morgan fingerprint density at radius 1 is 1.14 bits per heavy atom. The first-order valence-corrected chi connectivity index (χ1v) is 9.67. The molecule has 0 aliphatic heterocycles. The van der Waals surface area contributed by atoms with Gasteiger partial charge in [0.25, 0.3) is 5.91 Å². The third-order valence-corrected chi connectivity index (χ3v) is 4.95. The average Bonchev–Trinajstić information content (AvgIpc) is 2.73. The van der Waals surface area contributed by atoms with E-state index in [1.54, 1.807) is 26.1 Å². The van der Waals surface area contributed by atoms with Crippen LogP contribution in [0.15, 0.2) is 12.1 Å². The summed E-state index contributed by atoms with van der Waals surface area (Å²) in [7, 11) is 1.63. The Labute approximate surface area is 171 Å². The van der Waals surface area contributed by atoms with Crippen LogP contribution in [0, 0.1) is 0 Å². The van der Waals surface area contributed by atoms with Gasteiger partial charge in [-0.1, -0.05) is 6.92 Å². The van der Waals surface area contributed by atoms with Gasteiger partial charge in [-0.3, -0.25) is 29.3 Å². The maximum Gasteiger partial charge on any atom is 0.254 e. The fourth-order valence-electron chi connectivity index (χ4n) is 3.05. The number of aldehydes is 1. The quantitative estimate of drug-likeness (QED) is 0.380. The Morgan fingerprint density at radius 2 is 1.86 bits per heavy atom. The van der Waals surface area contributed by atoms with E-state index in [9.17, 15) is 24.0 Å². The molecule has 4 amide bonds. The minimum absolute atomic E-state index is 0.113. The molecule has 1 unspecified atom stereocenters. The van der Waals surface area contributed by atoms with Gasteiger partial charge in [0.15, 0.2) is 6.29 Å². The first-order valence-electron chi connectivity index (χ1n) is 9.67. The smallest absolute Gasteiger partial charge is 0.254 e. The van der Waals surface area contributed by atoms with Crippen molar-refractivity contribution < 1.29 is 24.0 Å². The number of imide groups is 1. The van der Waals surface area contributed by atoms with Crippen LogP contribution in [0.4, 0.5) is 0 Å². The number of amides is 4. The summed E-state index contributed by atoms with van der Waals surface area (Å²) in [5, 5.41) is 4.69. The van der Waals surface area contributed by atoms with E-state index in [1.165, 1.54) is 4.90 Å². The number of carbonyl (C=O) groups is 5. The van der Waals surface area contributed by atoms with Crippen molar-refractivity contribution in [2.45, 2.75) is 52.0 Å². The van der Waals surface area contributed by atoms with Crippen LogP contribution in [0.5, 0.6) is 0 Å². The lowest BCUT2D eigenvalue weighted by molar-refractivity contribution is -0.125. The highest BCUT2D eigenvalue weighted by Gasteiger charge is 2.22. The standard InChI is InChI=1S/C21H29N3O5/c1-4-16-10-18(12-25)19(11-17(16)6-5-9-22-13-26)21(29)24(3)15(2)7-8-20(28)23-14-27/h10-15H,4-9H2,1-3H3,(H,22,26)(H,23,27,28). The molecule has 1 aromatic carbocycles. The number of hydrogen-bond acceptors (Lipinski definition) is 5. The zero-order chi connectivity index (χ0) is 21.8. The largest absolute Gasteiger partial charge is 0.359 e. The molecule has 8 heteroatoms. The molecule has 0 saturated carbocycles. The maximum atomic E-state index is 13.0. The molecular formula is C21H29N3O5. The van der Waals surface area contributed by atoms with E-state index in [1.807, 2.05) is 6.92 Å². The van der Waals surface area contributed by atoms with Crippen LogP contribution in [0.1, 0.15) is 65.0 Å². The van der Waals surface area contributed by atoms with Crippen LogP contribution in [-0.2, 0) is 27.2 Å². The molecular weight excluding hydrogens is 374 g/mol. The topological polar surface area (TPSA) is 113 Å². The minimum atomic E-state index is -0.403. The second-order valence-corrected chi connectivity index (χ2v) is 6.84. The molecule has 0 aliphatic rings. The summed E-state index contributed by atoms with van der Waals surface area (Å²) in [4.78, 5) is 58.3. The van der Waals surface area contributed by atoms with Gasteiger partial charge in [0.2, 0.25) is 18.7 Å². The lowest BCUT2D eigenvalue weighted by atomic mass is 9.93. The molecule has 158 valence electrons. The lowest BCUT2D eigenvalue weighted by Crippen LogP contribution is -2.36. The van der Waals surface area contributed by atoms with Crippen molar-refractivity contribution >= 4 is 30.9 Å². The van der Waals surface area contributed by atoms with Crippen molar-refractivity contribution in [2.75, 3.05) is 13.6 Å². The van der Waals surface area contributed by atoms with Gasteiger partial charge < -0.3 is 10.2 Å². The van der Waals surface area contributed by atoms with Gasteiger partial charge in [0.05, 0.1) is 5.56 Å². The van der Waals surface area contributed by atoms with Crippen LogP contribution in [0.2, 0.25) is 0 Å². The van der Waals surface area contributed by atoms with Crippen LogP contribution < -0.4 is 10.6 Å². The van der Waals surface area contributed by atoms with E-state index in [0.717, 1.165) is 24.0 Å². The number of nitrogens with zero attached hydrogens (tertiary/aromatic N) is 1. The van der Waals surface area contributed by atoms with Crippen molar-refractivity contribution in [2.24, 2.45) is 0 Å². The van der Waals surface area contributed by atoms with Crippen molar-refractivity contribution in [3.63, 3.8) is 0 Å². The summed E-state index contributed by atoms with van der Waals surface area (Å²) < 4.78 is 0. The molecule has 1 rings (SSSR count). The molecule has 0 aliphatic carbocycles. The second-order valence-electron chi connectivity index (χ2n) is 6.84. The molecule has 1 atom stereocenters. The summed E-state index contributed by atoms with van der Waals surface area (Å²) in [6.07, 6.45) is 4.28. The van der Waals surface area contributed by atoms with E-state index < -0.39 is 5.91 Å². The van der Waals surface area contributed by atoms with E-state index in [4.69, 9.17) is 0 Å². The van der Waals surface area contributed by atoms with Gasteiger partial charge in [-0.05, 0) is 55.9 Å². The van der Waals surface area contributed by atoms with Crippen LogP contribution >= 0.6 is 0 Å². The zero-order valence-corrected chi connectivity index (χ0v) is 17.2. The number of aryl methyl sites for hydroxylation is 2. The molecule has 0 heterocycles. The number of carbonyl (C=O) groups excluding carboxylic acids is 5. The van der Waals surface area contributed by atoms with Gasteiger partial charge in [-0.25, -0.2) is 0 Å². The summed E-state index contributed by atoms with van der Waals surface area (Å²) >= 11 is 0. The van der Waals surface area contributed by atoms with Gasteiger partial charge in [-0.15, -0.1) is 0 Å². The molecule has 0 radical (unpaired) electrons. The molecule has 2 N–H and O–H groups in total. The highest BCUT2D eigenvalue weighted by Crippen LogP contribution is 2.21. The molecule has 1 aromatic rings. The maximum absolute atomic E-state index is 13.0. The molecule has 0 fully saturated rings. The fourth-order valence-corrected chi connectivity index (χ4v) is 3.05. The molecule has 0 bridgehead atoms. The summed E-state index contributed by atoms with van der Waals surface area (Å²) in [5.41, 5.74) is 2.62. The van der Waals surface area contributed by atoms with E-state index >= 15 is 0 Å². The van der Waals surface area contributed by atoms with Crippen LogP contribution in [0.25, 0.3) is 0 Å². The fraction of sp³-hybridized carbons (Fsp3) is 0.476. The van der Waals surface area contributed by atoms with Crippen LogP contribution in [0.3, 0.4) is 0 Å². The third kappa shape index (κ3) is 7.14. The highest BCUT2D eigenvalue weighted by molar-refractivity contribution is 6.02. The van der Waals surface area contributed by atoms with Gasteiger partial charge >= 0.3 is 0 Å². The van der Waals surface area contributed by atoms with E-state index in [0.29, 0.717) is 49.6 Å². The van der Waals surface area contributed by atoms with E-state index in [2.05, 4.69) is 10.6 Å². The molecule has 29 heavy (non-hydrogen) atoms. The summed E-state index contributed by atoms with van der Waals surface area (Å²) in [6.45, 7) is 4.32. The first kappa shape index (κ1) is 24.0. The van der Waals surface area contributed by atoms with Crippen molar-refractivity contribution in [1.82, 2.24) is 15.5 Å². The molecule has 8 nitrogen and oxygen atoms in total. The number of hydrogen-bond donors (Lipinski definition) is 2. The summed E-state index contributed by atoms with van der Waals surface area (Å²) in [6, 6.07) is 3.25. The van der Waals surface area contributed by atoms with Crippen molar-refractivity contribution in [3.8, 4) is 0 Å². The van der Waals surface area contributed by atoms with Crippen molar-refractivity contribution in [1.29, 1.82) is 0 Å². The van der Waals surface area contributed by atoms with Gasteiger partial charge in [0, 0.05) is 31.6 Å². The first-order chi connectivity index (χ1) is 13.9. The number of benzene rings is 1. The highest BCUT2D eigenvalue weighted by atomic mass is 16.2. The Morgan fingerprint density at radius 3 is 2.45 bits per heavy atom. The predicted molar refractivity (Wildman–Crippen MR) is 109 cm³/mol. The lowest BCUT2D eigenvalue weighted by Gasteiger charge is -2.26. The predicted octanol–water partition coefficient (Wildman–Crippen LogP) is 1.25.